The van der Waals surface area contributed by atoms with Crippen LogP contribution in [0.25, 0.3) is 0 Å². The lowest BCUT2D eigenvalue weighted by molar-refractivity contribution is -0.115. The molecule has 0 fully saturated rings. The Balaban J connectivity index is 1.82. The molecule has 0 bridgehead atoms. The lowest BCUT2D eigenvalue weighted by Gasteiger charge is -2.11. The lowest BCUT2D eigenvalue weighted by Crippen LogP contribution is -2.32. The largest absolute Gasteiger partial charge is 0.491 e. The Kier molecular flexibility index (Phi) is 5.89. The van der Waals surface area contributed by atoms with E-state index in [0.717, 1.165) is 0 Å². The fourth-order valence-corrected chi connectivity index (χ4v) is 1.96. The van der Waals surface area contributed by atoms with Crippen LogP contribution in [0.3, 0.4) is 0 Å². The van der Waals surface area contributed by atoms with Gasteiger partial charge < -0.3 is 15.4 Å². The van der Waals surface area contributed by atoms with Crippen molar-refractivity contribution in [1.29, 1.82) is 0 Å². The van der Waals surface area contributed by atoms with Crippen molar-refractivity contribution in [1.82, 2.24) is 5.32 Å². The maximum atomic E-state index is 12.8. The molecule has 0 atom stereocenters. The SMILES string of the molecule is CC(C)Oc1ccc(NC(=O)CNC(=O)c2ccc(F)cc2)cc1. The van der Waals surface area contributed by atoms with Crippen LogP contribution in [0.15, 0.2) is 48.5 Å². The van der Waals surface area contributed by atoms with Gasteiger partial charge in [-0.2, -0.15) is 0 Å². The van der Waals surface area contributed by atoms with E-state index < -0.39 is 11.7 Å². The summed E-state index contributed by atoms with van der Waals surface area (Å²) in [5.41, 5.74) is 0.895. The Morgan fingerprint density at radius 3 is 2.25 bits per heavy atom. The van der Waals surface area contributed by atoms with Crippen LogP contribution in [0.5, 0.6) is 5.75 Å². The Morgan fingerprint density at radius 1 is 1.04 bits per heavy atom. The normalized spacial score (nSPS) is 10.3. The van der Waals surface area contributed by atoms with Gasteiger partial charge in [0.05, 0.1) is 12.6 Å². The van der Waals surface area contributed by atoms with Gasteiger partial charge in [0.1, 0.15) is 11.6 Å². The third kappa shape index (κ3) is 5.39. The van der Waals surface area contributed by atoms with E-state index >= 15 is 0 Å². The van der Waals surface area contributed by atoms with Gasteiger partial charge in [-0.25, -0.2) is 4.39 Å². The summed E-state index contributed by atoms with van der Waals surface area (Å²) in [6, 6.07) is 12.0. The highest BCUT2D eigenvalue weighted by Crippen LogP contribution is 2.16. The van der Waals surface area contributed by atoms with Gasteiger partial charge in [0.25, 0.3) is 5.91 Å². The van der Waals surface area contributed by atoms with Crippen LogP contribution in [-0.2, 0) is 4.79 Å². The molecule has 2 rings (SSSR count). The van der Waals surface area contributed by atoms with Gasteiger partial charge >= 0.3 is 0 Å². The summed E-state index contributed by atoms with van der Waals surface area (Å²) in [5, 5.41) is 5.15. The van der Waals surface area contributed by atoms with Crippen LogP contribution in [0, 0.1) is 5.82 Å². The van der Waals surface area contributed by atoms with Crippen LogP contribution in [0.1, 0.15) is 24.2 Å². The molecule has 0 saturated heterocycles. The van der Waals surface area contributed by atoms with Crippen LogP contribution < -0.4 is 15.4 Å². The van der Waals surface area contributed by atoms with Gasteiger partial charge in [0.2, 0.25) is 5.91 Å². The third-order valence-corrected chi connectivity index (χ3v) is 3.03. The van der Waals surface area contributed by atoms with Crippen LogP contribution in [0.4, 0.5) is 10.1 Å². The molecule has 2 aromatic carbocycles. The lowest BCUT2D eigenvalue weighted by atomic mass is 10.2. The third-order valence-electron chi connectivity index (χ3n) is 3.03. The number of rotatable bonds is 6. The van der Waals surface area contributed by atoms with Crippen molar-refractivity contribution >= 4 is 17.5 Å². The van der Waals surface area contributed by atoms with Crippen molar-refractivity contribution in [3.8, 4) is 5.75 Å². The van der Waals surface area contributed by atoms with Gasteiger partial charge in [-0.15, -0.1) is 0 Å². The van der Waals surface area contributed by atoms with E-state index in [4.69, 9.17) is 4.74 Å². The van der Waals surface area contributed by atoms with Crippen molar-refractivity contribution in [2.75, 3.05) is 11.9 Å². The van der Waals surface area contributed by atoms with E-state index in [1.54, 1.807) is 24.3 Å². The number of carbonyl (C=O) groups excluding carboxylic acids is 2. The van der Waals surface area contributed by atoms with Crippen molar-refractivity contribution in [3.05, 3.63) is 59.9 Å². The number of anilines is 1. The van der Waals surface area contributed by atoms with Gasteiger partial charge in [0, 0.05) is 11.3 Å². The molecule has 0 aliphatic rings. The van der Waals surface area contributed by atoms with Gasteiger partial charge in [-0.3, -0.25) is 9.59 Å². The topological polar surface area (TPSA) is 67.4 Å². The van der Waals surface area contributed by atoms with Crippen LogP contribution in [-0.4, -0.2) is 24.5 Å². The zero-order chi connectivity index (χ0) is 17.5. The number of carbonyl (C=O) groups is 2. The Labute approximate surface area is 139 Å². The fourth-order valence-electron chi connectivity index (χ4n) is 1.96. The molecular weight excluding hydrogens is 311 g/mol. The molecule has 24 heavy (non-hydrogen) atoms. The van der Waals surface area contributed by atoms with E-state index in [0.29, 0.717) is 17.0 Å². The molecule has 126 valence electrons. The highest BCUT2D eigenvalue weighted by molar-refractivity contribution is 5.99. The van der Waals surface area contributed by atoms with Gasteiger partial charge in [-0.1, -0.05) is 0 Å². The predicted octanol–water partition coefficient (Wildman–Crippen LogP) is 2.98. The zero-order valence-corrected chi connectivity index (χ0v) is 13.5. The quantitative estimate of drug-likeness (QED) is 0.856. The molecule has 0 aliphatic heterocycles. The van der Waals surface area contributed by atoms with E-state index in [1.165, 1.54) is 24.3 Å². The molecule has 0 heterocycles. The Morgan fingerprint density at radius 2 is 1.67 bits per heavy atom. The maximum Gasteiger partial charge on any atom is 0.251 e. The van der Waals surface area contributed by atoms with Crippen molar-refractivity contribution in [2.45, 2.75) is 20.0 Å². The highest BCUT2D eigenvalue weighted by atomic mass is 19.1. The molecular formula is C18H19FN2O3. The molecule has 0 unspecified atom stereocenters. The molecule has 0 aromatic heterocycles. The minimum atomic E-state index is -0.439. The molecule has 0 aliphatic carbocycles. The zero-order valence-electron chi connectivity index (χ0n) is 13.5. The summed E-state index contributed by atoms with van der Waals surface area (Å²) in [5.74, 6) is -0.504. The molecule has 2 aromatic rings. The second-order valence-electron chi connectivity index (χ2n) is 5.43. The molecule has 0 saturated carbocycles. The second kappa shape index (κ2) is 8.10. The number of benzene rings is 2. The monoisotopic (exact) mass is 330 g/mol. The van der Waals surface area contributed by atoms with Crippen LogP contribution >= 0.6 is 0 Å². The van der Waals surface area contributed by atoms with E-state index in [1.807, 2.05) is 13.8 Å². The first-order chi connectivity index (χ1) is 11.4. The molecule has 2 amide bonds. The molecule has 0 radical (unpaired) electrons. The first-order valence-electron chi connectivity index (χ1n) is 7.54. The van der Waals surface area contributed by atoms with Gasteiger partial charge in [0.15, 0.2) is 0 Å². The van der Waals surface area contributed by atoms with E-state index in [2.05, 4.69) is 10.6 Å². The summed E-state index contributed by atoms with van der Waals surface area (Å²) in [7, 11) is 0. The van der Waals surface area contributed by atoms with Crippen LogP contribution in [0.2, 0.25) is 0 Å². The van der Waals surface area contributed by atoms with E-state index in [-0.39, 0.29) is 18.6 Å². The van der Waals surface area contributed by atoms with E-state index in [9.17, 15) is 14.0 Å². The smallest absolute Gasteiger partial charge is 0.251 e. The second-order valence-corrected chi connectivity index (χ2v) is 5.43. The molecule has 0 spiro atoms. The van der Waals surface area contributed by atoms with Gasteiger partial charge in [-0.05, 0) is 62.4 Å². The molecule has 2 N–H and O–H groups in total. The summed E-state index contributed by atoms with van der Waals surface area (Å²) in [6.45, 7) is 3.68. The first-order valence-corrected chi connectivity index (χ1v) is 7.54. The predicted molar refractivity (Wildman–Crippen MR) is 89.6 cm³/mol. The highest BCUT2D eigenvalue weighted by Gasteiger charge is 2.08. The Bertz CT molecular complexity index is 697. The summed E-state index contributed by atoms with van der Waals surface area (Å²) < 4.78 is 18.3. The number of amides is 2. The van der Waals surface area contributed by atoms with Crippen molar-refractivity contribution in [3.63, 3.8) is 0 Å². The maximum absolute atomic E-state index is 12.8. The first kappa shape index (κ1) is 17.5. The standard InChI is InChI=1S/C18H19FN2O3/c1-12(2)24-16-9-7-15(8-10-16)21-17(22)11-20-18(23)13-3-5-14(19)6-4-13/h3-10,12H,11H2,1-2H3,(H,20,23)(H,21,22). The number of nitrogens with one attached hydrogen (secondary N) is 2. The minimum Gasteiger partial charge on any atom is -0.491 e. The minimum absolute atomic E-state index is 0.0760. The molecule has 6 heteroatoms. The number of hydrogen-bond acceptors (Lipinski definition) is 3. The van der Waals surface area contributed by atoms with Crippen molar-refractivity contribution < 1.29 is 18.7 Å². The average Bonchev–Trinajstić information content (AvgIpc) is 2.54. The number of halogens is 1. The summed E-state index contributed by atoms with van der Waals surface area (Å²) in [6.07, 6.45) is 0.0760. The summed E-state index contributed by atoms with van der Waals surface area (Å²) in [4.78, 5) is 23.7. The number of ether oxygens (including phenoxy) is 1. The average molecular weight is 330 g/mol. The molecule has 5 nitrogen and oxygen atoms in total. The Hall–Kier alpha value is -2.89. The number of hydrogen-bond donors (Lipinski definition) is 2. The fraction of sp³-hybridized carbons (Fsp3) is 0.222. The van der Waals surface area contributed by atoms with Crippen molar-refractivity contribution in [2.24, 2.45) is 0 Å². The summed E-state index contributed by atoms with van der Waals surface area (Å²) >= 11 is 0.